The minimum atomic E-state index is -1.21. The van der Waals surface area contributed by atoms with Gasteiger partial charge in [0, 0.05) is 12.0 Å². The maximum atomic E-state index is 13.0. The van der Waals surface area contributed by atoms with Crippen molar-refractivity contribution in [2.24, 2.45) is 0 Å². The summed E-state index contributed by atoms with van der Waals surface area (Å²) in [6, 6.07) is 13.1. The number of imide groups is 1. The van der Waals surface area contributed by atoms with Gasteiger partial charge in [-0.2, -0.15) is 0 Å². The van der Waals surface area contributed by atoms with Crippen molar-refractivity contribution in [3.05, 3.63) is 59.7 Å². The van der Waals surface area contributed by atoms with E-state index < -0.39 is 29.9 Å². The predicted octanol–water partition coefficient (Wildman–Crippen LogP) is 2.39. The molecule has 4 amide bonds. The van der Waals surface area contributed by atoms with E-state index in [1.807, 2.05) is 18.2 Å². The molecule has 156 valence electrons. The van der Waals surface area contributed by atoms with E-state index in [9.17, 15) is 19.2 Å². The fraction of sp³-hybridized carbons (Fsp3) is 0.273. The molecule has 0 aliphatic carbocycles. The number of hydrogen-bond donors (Lipinski definition) is 2. The zero-order chi connectivity index (χ0) is 21.9. The highest BCUT2D eigenvalue weighted by atomic mass is 16.5. The van der Waals surface area contributed by atoms with Gasteiger partial charge in [-0.25, -0.2) is 4.79 Å². The minimum absolute atomic E-state index is 0.203. The topological polar surface area (TPSA) is 105 Å². The lowest BCUT2D eigenvalue weighted by atomic mass is 9.92. The van der Waals surface area contributed by atoms with Crippen LogP contribution in [-0.2, 0) is 16.0 Å². The second-order valence-corrected chi connectivity index (χ2v) is 7.29. The largest absolute Gasteiger partial charge is 0.496 e. The fourth-order valence-electron chi connectivity index (χ4n) is 3.47. The van der Waals surface area contributed by atoms with Gasteiger partial charge in [0.1, 0.15) is 17.8 Å². The van der Waals surface area contributed by atoms with Crippen LogP contribution in [0.1, 0.15) is 29.8 Å². The number of urea groups is 1. The summed E-state index contributed by atoms with van der Waals surface area (Å²) in [6.07, 6.45) is 0.215. The molecule has 8 nitrogen and oxygen atoms in total. The van der Waals surface area contributed by atoms with Crippen LogP contribution in [0.25, 0.3) is 0 Å². The van der Waals surface area contributed by atoms with Gasteiger partial charge >= 0.3 is 6.03 Å². The SMILES string of the molecule is COc1ccccc1C[C@]1(C)NC(=O)N(CC(=O)Nc2ccccc2C(C)=O)C1=O. The van der Waals surface area contributed by atoms with Crippen LogP contribution in [0.4, 0.5) is 10.5 Å². The molecule has 3 rings (SSSR count). The summed E-state index contributed by atoms with van der Waals surface area (Å²) in [6.45, 7) is 2.55. The number of rotatable bonds is 7. The third kappa shape index (κ3) is 4.17. The average Bonchev–Trinajstić information content (AvgIpc) is 2.91. The first-order valence-electron chi connectivity index (χ1n) is 9.41. The monoisotopic (exact) mass is 409 g/mol. The number of hydrogen-bond acceptors (Lipinski definition) is 5. The second kappa shape index (κ2) is 8.36. The van der Waals surface area contributed by atoms with Crippen molar-refractivity contribution in [1.29, 1.82) is 0 Å². The van der Waals surface area contributed by atoms with Crippen molar-refractivity contribution in [1.82, 2.24) is 10.2 Å². The average molecular weight is 409 g/mol. The van der Waals surface area contributed by atoms with E-state index in [1.54, 1.807) is 37.3 Å². The van der Waals surface area contributed by atoms with E-state index in [0.717, 1.165) is 10.5 Å². The third-order valence-corrected chi connectivity index (χ3v) is 4.96. The number of benzene rings is 2. The Morgan fingerprint density at radius 1 is 1.10 bits per heavy atom. The van der Waals surface area contributed by atoms with Crippen molar-refractivity contribution < 1.29 is 23.9 Å². The molecule has 1 saturated heterocycles. The van der Waals surface area contributed by atoms with Crippen LogP contribution < -0.4 is 15.4 Å². The number of anilines is 1. The van der Waals surface area contributed by atoms with E-state index in [0.29, 0.717) is 17.0 Å². The van der Waals surface area contributed by atoms with Gasteiger partial charge in [0.2, 0.25) is 5.91 Å². The number of amides is 4. The summed E-state index contributed by atoms with van der Waals surface area (Å²) in [7, 11) is 1.53. The number of nitrogens with zero attached hydrogens (tertiary/aromatic N) is 1. The molecule has 30 heavy (non-hydrogen) atoms. The lowest BCUT2D eigenvalue weighted by molar-refractivity contribution is -0.133. The number of Topliss-reactive ketones (excluding diaryl/α,β-unsaturated/α-hetero) is 1. The van der Waals surface area contributed by atoms with Crippen molar-refractivity contribution in [2.75, 3.05) is 19.0 Å². The molecule has 1 fully saturated rings. The number of ketones is 1. The molecule has 0 radical (unpaired) electrons. The van der Waals surface area contributed by atoms with Crippen molar-refractivity contribution >= 4 is 29.3 Å². The molecule has 0 spiro atoms. The van der Waals surface area contributed by atoms with Crippen molar-refractivity contribution in [2.45, 2.75) is 25.8 Å². The molecule has 0 bridgehead atoms. The van der Waals surface area contributed by atoms with Gasteiger partial charge in [-0.1, -0.05) is 30.3 Å². The van der Waals surface area contributed by atoms with Gasteiger partial charge in [0.25, 0.3) is 5.91 Å². The lowest BCUT2D eigenvalue weighted by Gasteiger charge is -2.22. The van der Waals surface area contributed by atoms with E-state index in [2.05, 4.69) is 10.6 Å². The number of para-hydroxylation sites is 2. The number of ether oxygens (including phenoxy) is 1. The second-order valence-electron chi connectivity index (χ2n) is 7.29. The summed E-state index contributed by atoms with van der Waals surface area (Å²) in [5.74, 6) is -0.676. The van der Waals surface area contributed by atoms with E-state index in [4.69, 9.17) is 4.74 Å². The first kappa shape index (κ1) is 21.0. The lowest BCUT2D eigenvalue weighted by Crippen LogP contribution is -2.46. The predicted molar refractivity (Wildman–Crippen MR) is 110 cm³/mol. The van der Waals surface area contributed by atoms with E-state index in [-0.39, 0.29) is 12.2 Å². The quantitative estimate of drug-likeness (QED) is 0.540. The highest BCUT2D eigenvalue weighted by Gasteiger charge is 2.48. The van der Waals surface area contributed by atoms with E-state index in [1.165, 1.54) is 14.0 Å². The molecule has 1 atom stereocenters. The molecule has 2 aromatic rings. The van der Waals surface area contributed by atoms with Crippen LogP contribution in [0.5, 0.6) is 5.75 Å². The Labute approximate surface area is 174 Å². The van der Waals surface area contributed by atoms with Gasteiger partial charge < -0.3 is 15.4 Å². The van der Waals surface area contributed by atoms with Crippen LogP contribution in [0.3, 0.4) is 0 Å². The van der Waals surface area contributed by atoms with Crippen LogP contribution in [0, 0.1) is 0 Å². The number of carbonyl (C=O) groups excluding carboxylic acids is 4. The first-order valence-corrected chi connectivity index (χ1v) is 9.41. The summed E-state index contributed by atoms with van der Waals surface area (Å²) in [5, 5.41) is 5.28. The molecule has 0 saturated carbocycles. The standard InChI is InChI=1S/C22H23N3O5/c1-14(26)16-9-5-6-10-17(16)23-19(27)13-25-20(28)22(2,24-21(25)29)12-15-8-4-7-11-18(15)30-3/h4-11H,12-13H2,1-3H3,(H,23,27)(H,24,29)/t22-/m0/s1. The summed E-state index contributed by atoms with van der Waals surface area (Å²) >= 11 is 0. The third-order valence-electron chi connectivity index (χ3n) is 4.96. The molecule has 2 N–H and O–H groups in total. The number of carbonyl (C=O) groups is 4. The van der Waals surface area contributed by atoms with E-state index >= 15 is 0 Å². The van der Waals surface area contributed by atoms with Crippen LogP contribution in [-0.4, -0.2) is 47.7 Å². The van der Waals surface area contributed by atoms with Gasteiger partial charge in [-0.05, 0) is 37.6 Å². The van der Waals surface area contributed by atoms with Gasteiger partial charge in [-0.15, -0.1) is 0 Å². The normalized spacial score (nSPS) is 18.2. The van der Waals surface area contributed by atoms with Crippen LogP contribution >= 0.6 is 0 Å². The first-order chi connectivity index (χ1) is 14.2. The van der Waals surface area contributed by atoms with Crippen LogP contribution in [0.2, 0.25) is 0 Å². The molecule has 0 unspecified atom stereocenters. The Morgan fingerprint density at radius 3 is 2.47 bits per heavy atom. The smallest absolute Gasteiger partial charge is 0.325 e. The minimum Gasteiger partial charge on any atom is -0.496 e. The maximum Gasteiger partial charge on any atom is 0.325 e. The Kier molecular flexibility index (Phi) is 5.86. The number of nitrogens with one attached hydrogen (secondary N) is 2. The molecule has 2 aromatic carbocycles. The molecule has 1 aliphatic heterocycles. The maximum absolute atomic E-state index is 13.0. The fourth-order valence-corrected chi connectivity index (χ4v) is 3.47. The zero-order valence-corrected chi connectivity index (χ0v) is 17.0. The molecule has 1 aliphatic rings. The Morgan fingerprint density at radius 2 is 1.77 bits per heavy atom. The van der Waals surface area contributed by atoms with Crippen LogP contribution in [0.15, 0.2) is 48.5 Å². The van der Waals surface area contributed by atoms with Crippen molar-refractivity contribution in [3.8, 4) is 5.75 Å². The molecule has 8 heteroatoms. The molecule has 0 aromatic heterocycles. The Hall–Kier alpha value is -3.68. The van der Waals surface area contributed by atoms with Gasteiger partial charge in [0.05, 0.1) is 12.8 Å². The number of methoxy groups -OCH3 is 1. The highest BCUT2D eigenvalue weighted by Crippen LogP contribution is 2.27. The van der Waals surface area contributed by atoms with Crippen molar-refractivity contribution in [3.63, 3.8) is 0 Å². The molecular weight excluding hydrogens is 386 g/mol. The zero-order valence-electron chi connectivity index (χ0n) is 17.0. The highest BCUT2D eigenvalue weighted by molar-refractivity contribution is 6.11. The van der Waals surface area contributed by atoms with Gasteiger partial charge in [0.15, 0.2) is 5.78 Å². The summed E-state index contributed by atoms with van der Waals surface area (Å²) in [4.78, 5) is 50.5. The Bertz CT molecular complexity index is 1020. The summed E-state index contributed by atoms with van der Waals surface area (Å²) < 4.78 is 5.32. The van der Waals surface area contributed by atoms with Gasteiger partial charge in [-0.3, -0.25) is 19.3 Å². The summed E-state index contributed by atoms with van der Waals surface area (Å²) in [5.41, 5.74) is 0.240. The Balaban J connectivity index is 1.73. The molecule has 1 heterocycles. The molecular formula is C22H23N3O5.